The van der Waals surface area contributed by atoms with Crippen LogP contribution in [0, 0.1) is 18.8 Å². The molecule has 18 heteroatoms. The number of ether oxygens (including phenoxy) is 2. The number of thioether (sulfide) groups is 1. The van der Waals surface area contributed by atoms with Crippen molar-refractivity contribution in [1.82, 2.24) is 25.1 Å². The summed E-state index contributed by atoms with van der Waals surface area (Å²) in [6.45, 7) is 7.41. The van der Waals surface area contributed by atoms with E-state index >= 15 is 0 Å². The first-order chi connectivity index (χ1) is 21.3. The number of aryl methyl sites for hydroxylation is 1. The molecule has 1 fully saturated rings. The number of hydrogen-bond donors (Lipinski definition) is 10. The molecule has 1 atom stereocenters. The van der Waals surface area contributed by atoms with Gasteiger partial charge in [-0.25, -0.2) is 4.79 Å². The van der Waals surface area contributed by atoms with Gasteiger partial charge < -0.3 is 14.8 Å². The van der Waals surface area contributed by atoms with E-state index < -0.39 is 32.6 Å². The first kappa shape index (κ1) is 38.4. The van der Waals surface area contributed by atoms with Gasteiger partial charge in [-0.15, -0.1) is 10.2 Å². The lowest BCUT2D eigenvalue weighted by Gasteiger charge is -2.43. The van der Waals surface area contributed by atoms with Gasteiger partial charge in [-0.1, -0.05) is 23.6 Å². The molecule has 4 rings (SSSR count). The molecule has 1 aliphatic rings. The summed E-state index contributed by atoms with van der Waals surface area (Å²) in [5, 5.41) is 12.0. The number of alkyl carbamates (subject to hydrolysis) is 1. The molecule has 1 amide bonds. The van der Waals surface area contributed by atoms with Crippen LogP contribution in [0.1, 0.15) is 37.7 Å². The number of amides is 1. The topological polar surface area (TPSA) is 91.2 Å². The quantitative estimate of drug-likeness (QED) is 0.0735. The number of carbonyl (C=O) groups is 1. The molecule has 248 valence electrons. The van der Waals surface area contributed by atoms with E-state index in [1.807, 2.05) is 39.0 Å². The average Bonchev–Trinajstić information content (AvgIpc) is 3.38. The zero-order valence-electron chi connectivity index (χ0n) is 24.9. The van der Waals surface area contributed by atoms with E-state index in [9.17, 15) is 4.79 Å². The Morgan fingerprint density at radius 3 is 2.20 bits per heavy atom. The standard InChI is InChI=1S/C28H33N5O3S10/c1-15(2)30-23(34)36-17(4)7-8-18-9-10-20(12-16(18)3)35-14-21-31-32-22(33(21)19-6-5-11-29-13-19)46-28(45)26(41,42)24(37,38)25(39,40)27(28,43)44/h5-6,9-13,15,17,37-45H,14H2,1-4H3,(H,30,34). The third kappa shape index (κ3) is 7.11. The summed E-state index contributed by atoms with van der Waals surface area (Å²) in [6.07, 6.45) is 2.25. The monoisotopic (exact) mass is 807 g/mol. The molecular formula is C28H33N5O3S10. The smallest absolute Gasteiger partial charge is 0.408 e. The molecule has 3 aromatic rings. The molecule has 46 heavy (non-hydrogen) atoms. The Balaban J connectivity index is 1.59. The molecule has 2 aromatic heterocycles. The van der Waals surface area contributed by atoms with Gasteiger partial charge in [0.1, 0.15) is 32.8 Å². The van der Waals surface area contributed by atoms with Crippen molar-refractivity contribution in [2.75, 3.05) is 0 Å². The molecular weight excluding hydrogens is 775 g/mol. The van der Waals surface area contributed by atoms with Gasteiger partial charge in [0.15, 0.2) is 17.1 Å². The number of thiol groups is 9. The third-order valence-electron chi connectivity index (χ3n) is 6.91. The zero-order chi connectivity index (χ0) is 34.3. The number of hydrogen-bond acceptors (Lipinski definition) is 16. The van der Waals surface area contributed by atoms with Crippen molar-refractivity contribution in [1.29, 1.82) is 0 Å². The van der Waals surface area contributed by atoms with Crippen molar-refractivity contribution in [3.63, 3.8) is 0 Å². The van der Waals surface area contributed by atoms with Crippen LogP contribution < -0.4 is 10.1 Å². The lowest BCUT2D eigenvalue weighted by Crippen LogP contribution is -2.49. The highest BCUT2D eigenvalue weighted by Gasteiger charge is 2.81. The van der Waals surface area contributed by atoms with E-state index in [4.69, 9.17) is 123 Å². The average molecular weight is 808 g/mol. The van der Waals surface area contributed by atoms with E-state index in [0.29, 0.717) is 22.4 Å². The molecule has 1 saturated carbocycles. The summed E-state index contributed by atoms with van der Waals surface area (Å²) < 4.78 is 6.51. The van der Waals surface area contributed by atoms with Gasteiger partial charge in [-0.05, 0) is 63.6 Å². The van der Waals surface area contributed by atoms with E-state index in [1.165, 1.54) is 11.8 Å². The fourth-order valence-electron chi connectivity index (χ4n) is 4.33. The minimum absolute atomic E-state index is 0.0261. The second-order valence-electron chi connectivity index (χ2n) is 10.8. The first-order valence-corrected chi connectivity index (χ1v) is 18.4. The predicted octanol–water partition coefficient (Wildman–Crippen LogP) is 6.38. The lowest BCUT2D eigenvalue weighted by atomic mass is 10.1. The van der Waals surface area contributed by atoms with Gasteiger partial charge >= 0.3 is 6.09 Å². The Bertz CT molecular complexity index is 1630. The highest BCUT2D eigenvalue weighted by molar-refractivity contribution is 8.21. The summed E-state index contributed by atoms with van der Waals surface area (Å²) in [5.41, 5.74) is 2.34. The van der Waals surface area contributed by atoms with Crippen LogP contribution in [0.3, 0.4) is 0 Å². The van der Waals surface area contributed by atoms with Gasteiger partial charge in [0.2, 0.25) is 0 Å². The van der Waals surface area contributed by atoms with Crippen LogP contribution in [0.4, 0.5) is 4.79 Å². The van der Waals surface area contributed by atoms with Crippen LogP contribution in [0.2, 0.25) is 0 Å². The number of aromatic nitrogens is 4. The van der Waals surface area contributed by atoms with Crippen molar-refractivity contribution in [2.45, 2.75) is 72.0 Å². The number of rotatable bonds is 8. The Morgan fingerprint density at radius 2 is 1.63 bits per heavy atom. The predicted molar refractivity (Wildman–Crippen MR) is 216 cm³/mol. The van der Waals surface area contributed by atoms with Crippen LogP contribution in [0.15, 0.2) is 47.9 Å². The molecule has 8 nitrogen and oxygen atoms in total. The Kier molecular flexibility index (Phi) is 12.1. The Morgan fingerprint density at radius 1 is 0.978 bits per heavy atom. The second-order valence-corrected chi connectivity index (χ2v) is 19.7. The highest BCUT2D eigenvalue weighted by Crippen LogP contribution is 2.78. The minimum atomic E-state index is -1.36. The fraction of sp³-hybridized carbons (Fsp3) is 0.429. The summed E-state index contributed by atoms with van der Waals surface area (Å²) in [7, 11) is 0. The van der Waals surface area contributed by atoms with Crippen LogP contribution in [0.25, 0.3) is 5.69 Å². The maximum Gasteiger partial charge on any atom is 0.408 e. The summed E-state index contributed by atoms with van der Waals surface area (Å²) in [5.74, 6) is 7.10. The number of pyridine rings is 1. The Labute approximate surface area is 323 Å². The summed E-state index contributed by atoms with van der Waals surface area (Å²) in [6, 6.07) is 9.16. The number of nitrogens with one attached hydrogen (secondary N) is 1. The van der Waals surface area contributed by atoms with Crippen molar-refractivity contribution in [2.24, 2.45) is 0 Å². The number of nitrogens with zero attached hydrogens (tertiary/aromatic N) is 4. The number of benzene rings is 1. The van der Waals surface area contributed by atoms with E-state index in [0.717, 1.165) is 11.1 Å². The molecule has 1 N–H and O–H groups in total. The summed E-state index contributed by atoms with van der Waals surface area (Å²) >= 11 is 44.5. The molecule has 0 spiro atoms. The second kappa shape index (κ2) is 14.5. The molecule has 1 aliphatic carbocycles. The van der Waals surface area contributed by atoms with Crippen molar-refractivity contribution >= 4 is 132 Å². The SMILES string of the molecule is Cc1cc(OCc2nnc(SC3(S)C(S)(S)C(S)(S)C(S)(S)C3(S)S)n2-c2cccnc2)ccc1C#CC(C)OC(=O)NC(C)C. The molecule has 1 unspecified atom stereocenters. The van der Waals surface area contributed by atoms with Gasteiger partial charge in [-0.2, -0.15) is 114 Å². The van der Waals surface area contributed by atoms with E-state index in [-0.39, 0.29) is 12.6 Å². The minimum Gasteiger partial charge on any atom is -0.486 e. The fourth-order valence-corrected chi connectivity index (χ4v) is 11.1. The summed E-state index contributed by atoms with van der Waals surface area (Å²) in [4.78, 5) is 16.1. The van der Waals surface area contributed by atoms with Crippen molar-refractivity contribution in [3.05, 3.63) is 59.7 Å². The van der Waals surface area contributed by atoms with E-state index in [1.54, 1.807) is 36.0 Å². The Hall–Kier alpha value is -0.360. The molecule has 0 aliphatic heterocycles. The third-order valence-corrected chi connectivity index (χ3v) is 18.0. The zero-order valence-corrected chi connectivity index (χ0v) is 33.7. The molecule has 1 aromatic carbocycles. The maximum atomic E-state index is 11.8. The van der Waals surface area contributed by atoms with Crippen molar-refractivity contribution < 1.29 is 14.3 Å². The normalized spacial score (nSPS) is 19.2. The van der Waals surface area contributed by atoms with E-state index in [2.05, 4.69) is 32.3 Å². The van der Waals surface area contributed by atoms with Gasteiger partial charge in [0.05, 0.1) is 11.9 Å². The highest BCUT2D eigenvalue weighted by atomic mass is 32.2. The first-order valence-electron chi connectivity index (χ1n) is 13.5. The van der Waals surface area contributed by atoms with Gasteiger partial charge in [0, 0.05) is 17.8 Å². The number of carbonyl (C=O) groups excluding carboxylic acids is 1. The molecule has 0 radical (unpaired) electrons. The lowest BCUT2D eigenvalue weighted by molar-refractivity contribution is 0.128. The van der Waals surface area contributed by atoms with Gasteiger partial charge in [-0.3, -0.25) is 9.55 Å². The van der Waals surface area contributed by atoms with Crippen LogP contribution in [0.5, 0.6) is 5.75 Å². The molecule has 0 saturated heterocycles. The van der Waals surface area contributed by atoms with Crippen molar-refractivity contribution in [3.8, 4) is 23.3 Å². The largest absolute Gasteiger partial charge is 0.486 e. The van der Waals surface area contributed by atoms with Crippen LogP contribution >= 0.6 is 125 Å². The molecule has 0 bridgehead atoms. The van der Waals surface area contributed by atoms with Gasteiger partial charge in [0.25, 0.3) is 0 Å². The van der Waals surface area contributed by atoms with Crippen LogP contribution in [-0.2, 0) is 11.3 Å². The maximum absolute atomic E-state index is 11.8. The molecule has 2 heterocycles. The van der Waals surface area contributed by atoms with Crippen LogP contribution in [-0.4, -0.2) is 58.4 Å².